The fourth-order valence-corrected chi connectivity index (χ4v) is 3.50. The van der Waals surface area contributed by atoms with Gasteiger partial charge in [0, 0.05) is 18.4 Å². The van der Waals surface area contributed by atoms with Crippen LogP contribution in [0.4, 0.5) is 0 Å². The van der Waals surface area contributed by atoms with Crippen LogP contribution in [0.2, 0.25) is 0 Å². The van der Waals surface area contributed by atoms with Gasteiger partial charge in [-0.25, -0.2) is 13.4 Å². The van der Waals surface area contributed by atoms with Gasteiger partial charge in [0.25, 0.3) is 0 Å². The van der Waals surface area contributed by atoms with Gasteiger partial charge in [-0.1, -0.05) is 12.1 Å². The highest BCUT2D eigenvalue weighted by Crippen LogP contribution is 2.26. The smallest absolute Gasteiger partial charge is 0.191 e. The molecule has 8 heteroatoms. The molecule has 1 aromatic heterocycles. The zero-order valence-electron chi connectivity index (χ0n) is 17.0. The van der Waals surface area contributed by atoms with Crippen molar-refractivity contribution >= 4 is 15.8 Å². The molecule has 3 N–H and O–H groups in total. The molecule has 2 aromatic rings. The SMILES string of the molecule is CCNC(=NCc1ccc(S(C)(=O)=O)cc1)NCC(C)(O)c1cc(C)oc1C. The maximum Gasteiger partial charge on any atom is 0.191 e. The second-order valence-corrected chi connectivity index (χ2v) is 9.08. The lowest BCUT2D eigenvalue weighted by Gasteiger charge is -2.24. The number of sulfone groups is 1. The van der Waals surface area contributed by atoms with E-state index in [9.17, 15) is 13.5 Å². The summed E-state index contributed by atoms with van der Waals surface area (Å²) in [5.41, 5.74) is 0.511. The molecular formula is C20H29N3O4S. The molecule has 2 rings (SSSR count). The van der Waals surface area contributed by atoms with Crippen LogP contribution in [0.25, 0.3) is 0 Å². The summed E-state index contributed by atoms with van der Waals surface area (Å²) in [5.74, 6) is 2.01. The van der Waals surface area contributed by atoms with Crippen molar-refractivity contribution in [3.63, 3.8) is 0 Å². The monoisotopic (exact) mass is 407 g/mol. The van der Waals surface area contributed by atoms with Crippen molar-refractivity contribution in [3.05, 3.63) is 53.0 Å². The van der Waals surface area contributed by atoms with Crippen molar-refractivity contribution in [2.24, 2.45) is 4.99 Å². The van der Waals surface area contributed by atoms with Gasteiger partial charge in [0.15, 0.2) is 15.8 Å². The van der Waals surface area contributed by atoms with Crippen molar-refractivity contribution in [1.82, 2.24) is 10.6 Å². The van der Waals surface area contributed by atoms with Gasteiger partial charge < -0.3 is 20.2 Å². The van der Waals surface area contributed by atoms with Crippen LogP contribution in [-0.4, -0.2) is 38.8 Å². The van der Waals surface area contributed by atoms with E-state index in [-0.39, 0.29) is 11.4 Å². The summed E-state index contributed by atoms with van der Waals surface area (Å²) in [5, 5.41) is 17.1. The average molecular weight is 408 g/mol. The minimum atomic E-state index is -3.21. The highest BCUT2D eigenvalue weighted by molar-refractivity contribution is 7.90. The molecule has 0 aliphatic rings. The highest BCUT2D eigenvalue weighted by Gasteiger charge is 2.27. The lowest BCUT2D eigenvalue weighted by Crippen LogP contribution is -2.44. The molecule has 0 aliphatic heterocycles. The predicted molar refractivity (Wildman–Crippen MR) is 110 cm³/mol. The number of furan rings is 1. The van der Waals surface area contributed by atoms with Crippen LogP contribution in [-0.2, 0) is 22.0 Å². The quantitative estimate of drug-likeness (QED) is 0.480. The van der Waals surface area contributed by atoms with Gasteiger partial charge in [-0.3, -0.25) is 0 Å². The first-order valence-corrected chi connectivity index (χ1v) is 11.0. The van der Waals surface area contributed by atoms with Crippen molar-refractivity contribution in [2.45, 2.75) is 44.7 Å². The number of aryl methyl sites for hydroxylation is 2. The molecule has 0 radical (unpaired) electrons. The Hall–Kier alpha value is -2.32. The normalized spacial score (nSPS) is 14.6. The maximum atomic E-state index is 11.5. The van der Waals surface area contributed by atoms with Crippen LogP contribution in [0.1, 0.15) is 36.5 Å². The van der Waals surface area contributed by atoms with Crippen LogP contribution >= 0.6 is 0 Å². The minimum absolute atomic E-state index is 0.256. The zero-order chi connectivity index (χ0) is 20.9. The first kappa shape index (κ1) is 22.0. The van der Waals surface area contributed by atoms with Crippen molar-refractivity contribution in [1.29, 1.82) is 0 Å². The summed E-state index contributed by atoms with van der Waals surface area (Å²) in [6, 6.07) is 8.49. The molecule has 1 unspecified atom stereocenters. The molecule has 7 nitrogen and oxygen atoms in total. The van der Waals surface area contributed by atoms with E-state index in [0.717, 1.165) is 16.9 Å². The van der Waals surface area contributed by atoms with E-state index < -0.39 is 15.4 Å². The maximum absolute atomic E-state index is 11.5. The molecule has 1 heterocycles. The average Bonchev–Trinajstić information content (AvgIpc) is 2.96. The van der Waals surface area contributed by atoms with E-state index in [0.29, 0.717) is 24.8 Å². The molecule has 0 spiro atoms. The molecule has 154 valence electrons. The van der Waals surface area contributed by atoms with E-state index >= 15 is 0 Å². The van der Waals surface area contributed by atoms with E-state index in [4.69, 9.17) is 4.42 Å². The van der Waals surface area contributed by atoms with Crippen LogP contribution in [0.15, 0.2) is 44.6 Å². The highest BCUT2D eigenvalue weighted by atomic mass is 32.2. The lowest BCUT2D eigenvalue weighted by molar-refractivity contribution is 0.0601. The van der Waals surface area contributed by atoms with Crippen LogP contribution in [0.3, 0.4) is 0 Å². The summed E-state index contributed by atoms with van der Waals surface area (Å²) in [4.78, 5) is 4.79. The van der Waals surface area contributed by atoms with Crippen molar-refractivity contribution < 1.29 is 17.9 Å². The Bertz CT molecular complexity index is 929. The van der Waals surface area contributed by atoms with E-state index in [1.54, 1.807) is 31.2 Å². The topological polar surface area (TPSA) is 104 Å². The summed E-state index contributed by atoms with van der Waals surface area (Å²) >= 11 is 0. The minimum Gasteiger partial charge on any atom is -0.466 e. The number of aliphatic hydroxyl groups is 1. The molecule has 0 amide bonds. The fourth-order valence-electron chi connectivity index (χ4n) is 2.87. The standard InChI is InChI=1S/C20H29N3O4S/c1-6-21-19(22-12-16-7-9-17(10-8-16)28(5,25)26)23-13-20(4,24)18-11-14(2)27-15(18)3/h7-11,24H,6,12-13H2,1-5H3,(H2,21,22,23). The summed E-state index contributed by atoms with van der Waals surface area (Å²) in [6.45, 7) is 8.67. The zero-order valence-corrected chi connectivity index (χ0v) is 17.9. The number of benzene rings is 1. The molecule has 0 bridgehead atoms. The molecule has 28 heavy (non-hydrogen) atoms. The van der Waals surface area contributed by atoms with E-state index in [2.05, 4.69) is 15.6 Å². The Morgan fingerprint density at radius 2 is 1.86 bits per heavy atom. The first-order valence-electron chi connectivity index (χ1n) is 9.14. The summed E-state index contributed by atoms with van der Waals surface area (Å²) in [6.07, 6.45) is 1.18. The van der Waals surface area contributed by atoms with E-state index in [1.165, 1.54) is 6.26 Å². The number of rotatable bonds is 7. The number of hydrogen-bond acceptors (Lipinski definition) is 5. The lowest BCUT2D eigenvalue weighted by atomic mass is 9.96. The van der Waals surface area contributed by atoms with Crippen LogP contribution < -0.4 is 10.6 Å². The number of nitrogens with zero attached hydrogens (tertiary/aromatic N) is 1. The Morgan fingerprint density at radius 3 is 2.36 bits per heavy atom. The van der Waals surface area contributed by atoms with Gasteiger partial charge in [0.2, 0.25) is 0 Å². The number of hydrogen-bond donors (Lipinski definition) is 3. The third-order valence-electron chi connectivity index (χ3n) is 4.34. The largest absolute Gasteiger partial charge is 0.466 e. The van der Waals surface area contributed by atoms with Gasteiger partial charge in [-0.15, -0.1) is 0 Å². The number of guanidine groups is 1. The molecule has 1 atom stereocenters. The molecule has 0 aliphatic carbocycles. The molecular weight excluding hydrogens is 378 g/mol. The third-order valence-corrected chi connectivity index (χ3v) is 5.47. The number of nitrogens with one attached hydrogen (secondary N) is 2. The van der Waals surface area contributed by atoms with Crippen LogP contribution in [0, 0.1) is 13.8 Å². The Morgan fingerprint density at radius 1 is 1.21 bits per heavy atom. The van der Waals surface area contributed by atoms with E-state index in [1.807, 2.05) is 26.8 Å². The second kappa shape index (κ2) is 8.79. The van der Waals surface area contributed by atoms with Gasteiger partial charge in [0.05, 0.1) is 18.0 Å². The number of aliphatic imine (C=N–C) groups is 1. The van der Waals surface area contributed by atoms with Crippen LogP contribution in [0.5, 0.6) is 0 Å². The fraction of sp³-hybridized carbons (Fsp3) is 0.450. The molecule has 1 aromatic carbocycles. The second-order valence-electron chi connectivity index (χ2n) is 7.07. The first-order chi connectivity index (χ1) is 13.0. The Kier molecular flexibility index (Phi) is 6.90. The predicted octanol–water partition coefficient (Wildman–Crippen LogP) is 2.26. The van der Waals surface area contributed by atoms with Gasteiger partial charge in [-0.2, -0.15) is 0 Å². The van der Waals surface area contributed by atoms with Gasteiger partial charge in [-0.05, 0) is 51.5 Å². The molecule has 0 fully saturated rings. The summed E-state index contributed by atoms with van der Waals surface area (Å²) < 4.78 is 28.6. The van der Waals surface area contributed by atoms with Gasteiger partial charge in [0.1, 0.15) is 17.1 Å². The Labute approximate surface area is 166 Å². The molecule has 0 saturated heterocycles. The Balaban J connectivity index is 2.07. The third kappa shape index (κ3) is 5.84. The van der Waals surface area contributed by atoms with Crippen molar-refractivity contribution in [2.75, 3.05) is 19.3 Å². The van der Waals surface area contributed by atoms with Gasteiger partial charge >= 0.3 is 0 Å². The van der Waals surface area contributed by atoms with Crippen molar-refractivity contribution in [3.8, 4) is 0 Å². The molecule has 0 saturated carbocycles. The summed E-state index contributed by atoms with van der Waals surface area (Å²) in [7, 11) is -3.21.